The minimum Gasteiger partial charge on any atom is -0.300 e. The van der Waals surface area contributed by atoms with Gasteiger partial charge in [-0.05, 0) is 14.1 Å². The Morgan fingerprint density at radius 1 is 1.12 bits per heavy atom. The summed E-state index contributed by atoms with van der Waals surface area (Å²) in [7, 11) is 4.15. The van der Waals surface area contributed by atoms with Gasteiger partial charge in [-0.2, -0.15) is 0 Å². The predicted octanol–water partition coefficient (Wildman–Crippen LogP) is 1.04. The fraction of sp³-hybridized carbons (Fsp3) is 0.429. The normalized spacial score (nSPS) is 18.9. The largest absolute Gasteiger partial charge is 0.300 e. The molecule has 1 nitrogen and oxygen atoms in total. The number of nitrogens with zero attached hydrogens (tertiary/aromatic N) is 1. The van der Waals surface area contributed by atoms with E-state index in [1.807, 2.05) is 0 Å². The van der Waals surface area contributed by atoms with Crippen molar-refractivity contribution >= 4 is 0 Å². The van der Waals surface area contributed by atoms with Gasteiger partial charge in [0.05, 0.1) is 0 Å². The van der Waals surface area contributed by atoms with E-state index in [0.29, 0.717) is 6.04 Å². The summed E-state index contributed by atoms with van der Waals surface area (Å²) in [6.07, 6.45) is 8.48. The lowest BCUT2D eigenvalue weighted by molar-refractivity contribution is 0.394. The Balaban J connectivity index is 2.49. The smallest absolute Gasteiger partial charge is 0.0461 e. The lowest BCUT2D eigenvalue weighted by atomic mass is 10.3. The second-order valence-electron chi connectivity index (χ2n) is 2.22. The van der Waals surface area contributed by atoms with Gasteiger partial charge in [0.2, 0.25) is 0 Å². The highest BCUT2D eigenvalue weighted by Crippen LogP contribution is 2.03. The molecule has 1 heteroatoms. The van der Waals surface area contributed by atoms with Crippen LogP contribution < -0.4 is 0 Å². The number of hydrogen-bond donors (Lipinski definition) is 0. The third-order valence-corrected chi connectivity index (χ3v) is 1.32. The van der Waals surface area contributed by atoms with Crippen LogP contribution in [0.1, 0.15) is 0 Å². The first-order valence-corrected chi connectivity index (χ1v) is 2.82. The van der Waals surface area contributed by atoms with Crippen LogP contribution >= 0.6 is 0 Å². The van der Waals surface area contributed by atoms with Gasteiger partial charge in [-0.15, -0.1) is 0 Å². The fourth-order valence-electron chi connectivity index (χ4n) is 0.764. The summed E-state index contributed by atoms with van der Waals surface area (Å²) in [5.74, 6) is 0. The molecule has 0 saturated heterocycles. The fourth-order valence-corrected chi connectivity index (χ4v) is 0.764. The highest BCUT2D eigenvalue weighted by molar-refractivity contribution is 5.20. The summed E-state index contributed by atoms with van der Waals surface area (Å²) in [5, 5.41) is 0. The number of allylic oxidation sites excluding steroid dienone is 2. The van der Waals surface area contributed by atoms with Gasteiger partial charge in [0.1, 0.15) is 0 Å². The molecule has 1 aliphatic carbocycles. The monoisotopic (exact) mass is 109 g/mol. The molecule has 0 N–H and O–H groups in total. The highest BCUT2D eigenvalue weighted by atomic mass is 15.1. The van der Waals surface area contributed by atoms with Gasteiger partial charge in [-0.3, -0.25) is 4.90 Å². The summed E-state index contributed by atoms with van der Waals surface area (Å²) < 4.78 is 0. The van der Waals surface area contributed by atoms with Gasteiger partial charge in [0, 0.05) is 6.04 Å². The van der Waals surface area contributed by atoms with Crippen LogP contribution in [0, 0.1) is 0 Å². The van der Waals surface area contributed by atoms with Crippen LogP contribution in [0.15, 0.2) is 24.3 Å². The van der Waals surface area contributed by atoms with Crippen LogP contribution in [0.4, 0.5) is 0 Å². The molecule has 0 unspecified atom stereocenters. The summed E-state index contributed by atoms with van der Waals surface area (Å²) in [5.41, 5.74) is 0. The number of rotatable bonds is 1. The van der Waals surface area contributed by atoms with E-state index in [2.05, 4.69) is 43.3 Å². The molecule has 1 rings (SSSR count). The van der Waals surface area contributed by atoms with Gasteiger partial charge in [0.15, 0.2) is 0 Å². The van der Waals surface area contributed by atoms with Crippen molar-refractivity contribution in [1.82, 2.24) is 4.90 Å². The minimum absolute atomic E-state index is 0.537. The summed E-state index contributed by atoms with van der Waals surface area (Å²) in [6.45, 7) is 0. The zero-order chi connectivity index (χ0) is 5.98. The maximum Gasteiger partial charge on any atom is 0.0461 e. The molecule has 0 aromatic heterocycles. The summed E-state index contributed by atoms with van der Waals surface area (Å²) >= 11 is 0. The van der Waals surface area contributed by atoms with Crippen LogP contribution in [0.25, 0.3) is 0 Å². The molecule has 0 radical (unpaired) electrons. The molecule has 1 aliphatic rings. The van der Waals surface area contributed by atoms with Crippen LogP contribution in [0.2, 0.25) is 0 Å². The molecule has 0 heterocycles. The predicted molar refractivity (Wildman–Crippen MR) is 35.8 cm³/mol. The third kappa shape index (κ3) is 0.984. The molecule has 0 bridgehead atoms. The van der Waals surface area contributed by atoms with E-state index < -0.39 is 0 Å². The zero-order valence-electron chi connectivity index (χ0n) is 5.33. The lowest BCUT2D eigenvalue weighted by Crippen LogP contribution is -2.21. The molecule has 0 aromatic carbocycles. The molecule has 8 heavy (non-hydrogen) atoms. The first-order valence-electron chi connectivity index (χ1n) is 2.82. The van der Waals surface area contributed by atoms with E-state index in [1.54, 1.807) is 0 Å². The minimum atomic E-state index is 0.537. The van der Waals surface area contributed by atoms with Gasteiger partial charge in [-0.1, -0.05) is 24.3 Å². The second kappa shape index (κ2) is 2.14. The Kier molecular flexibility index (Phi) is 1.49. The molecular formula is C7H11N. The van der Waals surface area contributed by atoms with Crippen molar-refractivity contribution in [3.63, 3.8) is 0 Å². The SMILES string of the molecule is CN(C)C1C=CC=C1. The van der Waals surface area contributed by atoms with Gasteiger partial charge in [-0.25, -0.2) is 0 Å². The third-order valence-electron chi connectivity index (χ3n) is 1.32. The van der Waals surface area contributed by atoms with Crippen LogP contribution in [0.3, 0.4) is 0 Å². The maximum atomic E-state index is 2.17. The topological polar surface area (TPSA) is 3.24 Å². The lowest BCUT2D eigenvalue weighted by Gasteiger charge is -2.13. The van der Waals surface area contributed by atoms with E-state index in [1.165, 1.54) is 0 Å². The van der Waals surface area contributed by atoms with E-state index in [-0.39, 0.29) is 0 Å². The van der Waals surface area contributed by atoms with Crippen molar-refractivity contribution in [2.24, 2.45) is 0 Å². The first kappa shape index (κ1) is 5.57. The van der Waals surface area contributed by atoms with E-state index in [4.69, 9.17) is 0 Å². The van der Waals surface area contributed by atoms with Crippen molar-refractivity contribution in [3.05, 3.63) is 24.3 Å². The zero-order valence-corrected chi connectivity index (χ0v) is 5.33. The maximum absolute atomic E-state index is 2.17. The number of hydrogen-bond acceptors (Lipinski definition) is 1. The van der Waals surface area contributed by atoms with Gasteiger partial charge in [0.25, 0.3) is 0 Å². The van der Waals surface area contributed by atoms with Gasteiger partial charge >= 0.3 is 0 Å². The number of likely N-dealkylation sites (N-methyl/N-ethyl adjacent to an activating group) is 1. The van der Waals surface area contributed by atoms with E-state index in [9.17, 15) is 0 Å². The van der Waals surface area contributed by atoms with Crippen LogP contribution in [-0.2, 0) is 0 Å². The molecular weight excluding hydrogens is 98.1 g/mol. The van der Waals surface area contributed by atoms with E-state index >= 15 is 0 Å². The Hall–Kier alpha value is -0.560. The highest BCUT2D eigenvalue weighted by Gasteiger charge is 2.03. The van der Waals surface area contributed by atoms with Crippen molar-refractivity contribution in [2.45, 2.75) is 6.04 Å². The van der Waals surface area contributed by atoms with Crippen molar-refractivity contribution in [3.8, 4) is 0 Å². The average Bonchev–Trinajstić information content (AvgIpc) is 2.12. The Morgan fingerprint density at radius 2 is 1.62 bits per heavy atom. The molecule has 0 saturated carbocycles. The van der Waals surface area contributed by atoms with Crippen molar-refractivity contribution in [1.29, 1.82) is 0 Å². The molecule has 0 aromatic rings. The van der Waals surface area contributed by atoms with Crippen LogP contribution in [0.5, 0.6) is 0 Å². The molecule has 0 spiro atoms. The average molecular weight is 109 g/mol. The van der Waals surface area contributed by atoms with E-state index in [0.717, 1.165) is 0 Å². The summed E-state index contributed by atoms with van der Waals surface area (Å²) in [4.78, 5) is 2.17. The quantitative estimate of drug-likeness (QED) is 0.486. The molecule has 0 fully saturated rings. The Morgan fingerprint density at radius 3 is 1.88 bits per heavy atom. The Bertz CT molecular complexity index is 110. The van der Waals surface area contributed by atoms with Crippen molar-refractivity contribution in [2.75, 3.05) is 14.1 Å². The molecule has 44 valence electrons. The molecule has 0 atom stereocenters. The molecule has 0 aliphatic heterocycles. The second-order valence-corrected chi connectivity index (χ2v) is 2.22. The van der Waals surface area contributed by atoms with Crippen molar-refractivity contribution < 1.29 is 0 Å². The standard InChI is InChI=1S/C7H11N/c1-8(2)7-5-3-4-6-7/h3-7H,1-2H3. The first-order chi connectivity index (χ1) is 3.80. The Labute approximate surface area is 50.3 Å². The molecule has 0 amide bonds. The summed E-state index contributed by atoms with van der Waals surface area (Å²) in [6, 6.07) is 0.537. The van der Waals surface area contributed by atoms with Crippen LogP contribution in [-0.4, -0.2) is 25.0 Å². The van der Waals surface area contributed by atoms with Gasteiger partial charge < -0.3 is 0 Å².